The number of halogens is 4. The predicted octanol–water partition coefficient (Wildman–Crippen LogP) is 2.63. The summed E-state index contributed by atoms with van der Waals surface area (Å²) in [5.41, 5.74) is 0.383. The predicted molar refractivity (Wildman–Crippen MR) is 108 cm³/mol. The van der Waals surface area contributed by atoms with Gasteiger partial charge in [0.2, 0.25) is 5.95 Å². The van der Waals surface area contributed by atoms with Crippen molar-refractivity contribution in [3.8, 4) is 5.75 Å². The molecular formula is C18H18BrF3N6O2. The molecule has 0 saturated carbocycles. The number of aromatic nitrogens is 4. The molecule has 1 aliphatic heterocycles. The molecule has 1 atom stereocenters. The summed E-state index contributed by atoms with van der Waals surface area (Å²) in [6.45, 7) is 1.54. The van der Waals surface area contributed by atoms with Crippen LogP contribution in [0.25, 0.3) is 11.2 Å². The third kappa shape index (κ3) is 4.29. The van der Waals surface area contributed by atoms with Crippen molar-refractivity contribution < 1.29 is 17.9 Å². The van der Waals surface area contributed by atoms with Gasteiger partial charge in [0, 0.05) is 29.7 Å². The molecule has 8 nitrogen and oxygen atoms in total. The van der Waals surface area contributed by atoms with Crippen LogP contribution in [-0.4, -0.2) is 52.1 Å². The Morgan fingerprint density at radius 1 is 1.40 bits per heavy atom. The maximum atomic E-state index is 12.8. The minimum absolute atomic E-state index is 0.158. The van der Waals surface area contributed by atoms with Crippen molar-refractivity contribution in [2.24, 2.45) is 0 Å². The Bertz CT molecular complexity index is 1120. The van der Waals surface area contributed by atoms with Crippen molar-refractivity contribution >= 4 is 33.0 Å². The number of fused-ring (bicyclic) bond motifs is 1. The zero-order valence-electron chi connectivity index (χ0n) is 15.8. The van der Waals surface area contributed by atoms with Crippen LogP contribution in [0.5, 0.6) is 5.75 Å². The van der Waals surface area contributed by atoms with E-state index < -0.39 is 12.1 Å². The minimum Gasteiger partial charge on any atom is -0.405 e. The third-order valence-electron chi connectivity index (χ3n) is 4.97. The molecule has 1 aliphatic rings. The lowest BCUT2D eigenvalue weighted by Crippen LogP contribution is -2.34. The fourth-order valence-electron chi connectivity index (χ4n) is 3.45. The third-order valence-corrected chi connectivity index (χ3v) is 5.47. The highest BCUT2D eigenvalue weighted by Gasteiger charge is 2.32. The molecule has 0 radical (unpaired) electrons. The van der Waals surface area contributed by atoms with E-state index in [4.69, 9.17) is 0 Å². The van der Waals surface area contributed by atoms with E-state index in [9.17, 15) is 18.0 Å². The summed E-state index contributed by atoms with van der Waals surface area (Å²) in [5.74, 6) is 0.0559. The highest BCUT2D eigenvalue weighted by atomic mass is 79.9. The smallest absolute Gasteiger partial charge is 0.405 e. The van der Waals surface area contributed by atoms with Crippen molar-refractivity contribution in [3.05, 3.63) is 44.9 Å². The van der Waals surface area contributed by atoms with Gasteiger partial charge in [-0.2, -0.15) is 4.98 Å². The van der Waals surface area contributed by atoms with E-state index in [2.05, 4.69) is 40.9 Å². The molecule has 2 N–H and O–H groups in total. The van der Waals surface area contributed by atoms with Crippen LogP contribution in [-0.2, 0) is 6.54 Å². The second-order valence-electron chi connectivity index (χ2n) is 6.98. The Hall–Kier alpha value is -2.60. The molecule has 3 heterocycles. The lowest BCUT2D eigenvalue weighted by molar-refractivity contribution is -0.274. The van der Waals surface area contributed by atoms with Gasteiger partial charge in [-0.3, -0.25) is 4.57 Å². The fraction of sp³-hybridized carbons (Fsp3) is 0.389. The number of nitrogens with one attached hydrogen (secondary N) is 2. The SMILES string of the molecule is CN(c1ncc2[nH]c(=O)n(Cc3cc(Br)ccc3OC(F)(F)F)c2n1)[C@@H]1CCNC1. The zero-order chi connectivity index (χ0) is 21.5. The van der Waals surface area contributed by atoms with Gasteiger partial charge in [-0.05, 0) is 31.2 Å². The highest BCUT2D eigenvalue weighted by molar-refractivity contribution is 9.10. The molecule has 12 heteroatoms. The number of hydrogen-bond acceptors (Lipinski definition) is 6. The molecule has 0 amide bonds. The van der Waals surface area contributed by atoms with Gasteiger partial charge < -0.3 is 19.9 Å². The van der Waals surface area contributed by atoms with E-state index in [0.717, 1.165) is 19.5 Å². The minimum atomic E-state index is -4.85. The number of benzene rings is 1. The highest BCUT2D eigenvalue weighted by Crippen LogP contribution is 2.30. The summed E-state index contributed by atoms with van der Waals surface area (Å²) in [6.07, 6.45) is -2.41. The lowest BCUT2D eigenvalue weighted by Gasteiger charge is -2.23. The van der Waals surface area contributed by atoms with Gasteiger partial charge in [0.1, 0.15) is 11.3 Å². The standard InChI is InChI=1S/C18H18BrF3N6O2/c1-27(12-4-5-23-7-12)16-24-8-13-15(26-16)28(17(29)25-13)9-10-6-11(19)2-3-14(10)30-18(20,21)22/h2-3,6,8,12,23H,4-5,7,9H2,1H3,(H,25,29)/t12-/m1/s1. The van der Waals surface area contributed by atoms with E-state index in [1.807, 2.05) is 11.9 Å². The summed E-state index contributed by atoms with van der Waals surface area (Å²) < 4.78 is 44.3. The number of likely N-dealkylation sites (N-methyl/N-ethyl adjacent to an activating group) is 1. The quantitative estimate of drug-likeness (QED) is 0.576. The molecule has 0 spiro atoms. The summed E-state index contributed by atoms with van der Waals surface area (Å²) in [6, 6.07) is 4.34. The molecule has 1 aromatic carbocycles. The van der Waals surface area contributed by atoms with E-state index in [1.54, 1.807) is 0 Å². The number of nitrogens with zero attached hydrogens (tertiary/aromatic N) is 4. The topological polar surface area (TPSA) is 88.1 Å². The monoisotopic (exact) mass is 486 g/mol. The number of imidazole rings is 1. The molecule has 0 unspecified atom stereocenters. The van der Waals surface area contributed by atoms with Crippen LogP contribution in [0, 0.1) is 0 Å². The van der Waals surface area contributed by atoms with E-state index in [-0.39, 0.29) is 23.9 Å². The molecule has 0 aliphatic carbocycles. The molecule has 30 heavy (non-hydrogen) atoms. The summed E-state index contributed by atoms with van der Waals surface area (Å²) in [5, 5.41) is 3.27. The van der Waals surface area contributed by atoms with Gasteiger partial charge >= 0.3 is 12.1 Å². The normalized spacial score (nSPS) is 16.9. The van der Waals surface area contributed by atoms with Gasteiger partial charge in [-0.25, -0.2) is 9.78 Å². The Morgan fingerprint density at radius 2 is 2.20 bits per heavy atom. The second kappa shape index (κ2) is 7.91. The maximum absolute atomic E-state index is 12.8. The lowest BCUT2D eigenvalue weighted by atomic mass is 10.2. The maximum Gasteiger partial charge on any atom is 0.573 e. The largest absolute Gasteiger partial charge is 0.573 e. The van der Waals surface area contributed by atoms with Crippen LogP contribution in [0.2, 0.25) is 0 Å². The fourth-order valence-corrected chi connectivity index (χ4v) is 3.86. The summed E-state index contributed by atoms with van der Waals surface area (Å²) in [4.78, 5) is 25.9. The Balaban J connectivity index is 1.73. The molecule has 1 saturated heterocycles. The molecule has 0 bridgehead atoms. The molecular weight excluding hydrogens is 469 g/mol. The first-order valence-corrected chi connectivity index (χ1v) is 9.94. The van der Waals surface area contributed by atoms with Crippen molar-refractivity contribution in [1.82, 2.24) is 24.8 Å². The van der Waals surface area contributed by atoms with Crippen molar-refractivity contribution in [2.45, 2.75) is 25.4 Å². The molecule has 160 valence electrons. The Kier molecular flexibility index (Phi) is 5.45. The first-order valence-electron chi connectivity index (χ1n) is 9.14. The second-order valence-corrected chi connectivity index (χ2v) is 7.90. The van der Waals surface area contributed by atoms with E-state index >= 15 is 0 Å². The van der Waals surface area contributed by atoms with Crippen LogP contribution in [0.1, 0.15) is 12.0 Å². The number of aromatic amines is 1. The van der Waals surface area contributed by atoms with Crippen LogP contribution in [0.15, 0.2) is 33.7 Å². The van der Waals surface area contributed by atoms with Gasteiger partial charge in [-0.15, -0.1) is 13.2 Å². The number of H-pyrrole nitrogens is 1. The number of ether oxygens (including phenoxy) is 1. The summed E-state index contributed by atoms with van der Waals surface area (Å²) >= 11 is 3.25. The Morgan fingerprint density at radius 3 is 2.90 bits per heavy atom. The summed E-state index contributed by atoms with van der Waals surface area (Å²) in [7, 11) is 1.87. The van der Waals surface area contributed by atoms with Crippen LogP contribution in [0.4, 0.5) is 19.1 Å². The number of alkyl halides is 3. The van der Waals surface area contributed by atoms with Crippen molar-refractivity contribution in [3.63, 3.8) is 0 Å². The van der Waals surface area contributed by atoms with Gasteiger partial charge in [-0.1, -0.05) is 15.9 Å². The number of hydrogen-bond donors (Lipinski definition) is 2. The van der Waals surface area contributed by atoms with Crippen LogP contribution < -0.4 is 20.6 Å². The molecule has 1 fully saturated rings. The number of rotatable bonds is 5. The average Bonchev–Trinajstić information content (AvgIpc) is 3.31. The molecule has 2 aromatic heterocycles. The zero-order valence-corrected chi connectivity index (χ0v) is 17.4. The average molecular weight is 487 g/mol. The first-order chi connectivity index (χ1) is 14.2. The Labute approximate surface area is 177 Å². The number of anilines is 1. The van der Waals surface area contributed by atoms with Crippen LogP contribution in [0.3, 0.4) is 0 Å². The van der Waals surface area contributed by atoms with E-state index in [0.29, 0.717) is 21.6 Å². The first kappa shape index (κ1) is 20.7. The van der Waals surface area contributed by atoms with Crippen LogP contribution >= 0.6 is 15.9 Å². The van der Waals surface area contributed by atoms with Gasteiger partial charge in [0.15, 0.2) is 5.65 Å². The van der Waals surface area contributed by atoms with Gasteiger partial charge in [0.25, 0.3) is 0 Å². The molecule has 4 rings (SSSR count). The van der Waals surface area contributed by atoms with E-state index in [1.165, 1.54) is 29.0 Å². The van der Waals surface area contributed by atoms with Gasteiger partial charge in [0.05, 0.1) is 12.7 Å². The molecule has 3 aromatic rings. The van der Waals surface area contributed by atoms with Crippen molar-refractivity contribution in [1.29, 1.82) is 0 Å². The van der Waals surface area contributed by atoms with Crippen molar-refractivity contribution in [2.75, 3.05) is 25.0 Å².